The van der Waals surface area contributed by atoms with E-state index in [4.69, 9.17) is 4.74 Å². The molecule has 0 aromatic heterocycles. The second-order valence-electron chi connectivity index (χ2n) is 5.42. The van der Waals surface area contributed by atoms with Crippen LogP contribution in [-0.4, -0.2) is 17.5 Å². The molecule has 15 heavy (non-hydrogen) atoms. The Bertz CT molecular complexity index is 173. The Morgan fingerprint density at radius 1 is 1.33 bits per heavy atom. The largest absolute Gasteiger partial charge is 0.379 e. The second kappa shape index (κ2) is 6.24. The lowest BCUT2D eigenvalue weighted by molar-refractivity contribution is 0.0133. The van der Waals surface area contributed by atoms with E-state index < -0.39 is 0 Å². The molecule has 1 fully saturated rings. The third kappa shape index (κ3) is 4.86. The predicted molar refractivity (Wildman–Crippen MR) is 69.6 cm³/mol. The van der Waals surface area contributed by atoms with Crippen LogP contribution in [0.4, 0.5) is 0 Å². The molecule has 1 rings (SSSR count). The molecular formula is C13H25BrO. The molecule has 1 unspecified atom stereocenters. The van der Waals surface area contributed by atoms with E-state index in [2.05, 4.69) is 29.8 Å². The summed E-state index contributed by atoms with van der Waals surface area (Å²) in [7, 11) is 1.81. The van der Waals surface area contributed by atoms with Crippen LogP contribution in [0.3, 0.4) is 0 Å². The summed E-state index contributed by atoms with van der Waals surface area (Å²) in [5.74, 6) is 0.940. The van der Waals surface area contributed by atoms with Gasteiger partial charge in [0.1, 0.15) is 0 Å². The molecule has 0 aromatic rings. The van der Waals surface area contributed by atoms with Gasteiger partial charge in [0.25, 0.3) is 0 Å². The van der Waals surface area contributed by atoms with E-state index in [0.29, 0.717) is 0 Å². The number of methoxy groups -OCH3 is 1. The van der Waals surface area contributed by atoms with Crippen molar-refractivity contribution >= 4 is 15.9 Å². The van der Waals surface area contributed by atoms with Crippen molar-refractivity contribution in [1.29, 1.82) is 0 Å². The van der Waals surface area contributed by atoms with E-state index in [1.165, 1.54) is 44.9 Å². The van der Waals surface area contributed by atoms with E-state index in [1.807, 2.05) is 7.11 Å². The Balaban J connectivity index is 2.13. The Labute approximate surface area is 103 Å². The van der Waals surface area contributed by atoms with Crippen LogP contribution in [0.2, 0.25) is 0 Å². The van der Waals surface area contributed by atoms with Crippen LogP contribution in [0.5, 0.6) is 0 Å². The molecule has 1 aliphatic carbocycles. The highest BCUT2D eigenvalue weighted by atomic mass is 79.9. The molecular weight excluding hydrogens is 252 g/mol. The molecule has 1 saturated carbocycles. The van der Waals surface area contributed by atoms with Crippen molar-refractivity contribution in [2.45, 2.75) is 69.2 Å². The number of hydrogen-bond acceptors (Lipinski definition) is 1. The first-order valence-electron chi connectivity index (χ1n) is 6.24. The van der Waals surface area contributed by atoms with Gasteiger partial charge in [-0.2, -0.15) is 0 Å². The molecule has 90 valence electrons. The molecule has 2 heteroatoms. The van der Waals surface area contributed by atoms with Gasteiger partial charge in [0, 0.05) is 11.9 Å². The number of halogens is 1. The zero-order valence-electron chi connectivity index (χ0n) is 10.4. The van der Waals surface area contributed by atoms with Gasteiger partial charge in [0.05, 0.1) is 5.60 Å². The molecule has 0 amide bonds. The van der Waals surface area contributed by atoms with E-state index in [9.17, 15) is 0 Å². The first kappa shape index (κ1) is 13.5. The van der Waals surface area contributed by atoms with E-state index in [-0.39, 0.29) is 5.60 Å². The second-order valence-corrected chi connectivity index (χ2v) is 6.59. The highest BCUT2D eigenvalue weighted by Crippen LogP contribution is 2.34. The third-order valence-corrected chi connectivity index (χ3v) is 4.93. The maximum Gasteiger partial charge on any atom is 0.0622 e. The minimum absolute atomic E-state index is 0.0579. The maximum atomic E-state index is 5.43. The van der Waals surface area contributed by atoms with Crippen molar-refractivity contribution in [3.05, 3.63) is 0 Å². The van der Waals surface area contributed by atoms with Gasteiger partial charge >= 0.3 is 0 Å². The monoisotopic (exact) mass is 276 g/mol. The normalized spacial score (nSPS) is 20.8. The number of alkyl halides is 1. The van der Waals surface area contributed by atoms with E-state index in [0.717, 1.165) is 10.7 Å². The molecule has 0 aromatic carbocycles. The van der Waals surface area contributed by atoms with Gasteiger partial charge in [-0.1, -0.05) is 28.8 Å². The number of ether oxygens (including phenoxy) is 1. The van der Waals surface area contributed by atoms with Crippen LogP contribution in [0.15, 0.2) is 0 Å². The van der Waals surface area contributed by atoms with Crippen LogP contribution in [0.25, 0.3) is 0 Å². The molecule has 0 heterocycles. The summed E-state index contributed by atoms with van der Waals surface area (Å²) in [5, 5.41) is 0. The fourth-order valence-electron chi connectivity index (χ4n) is 2.38. The van der Waals surface area contributed by atoms with Crippen LogP contribution < -0.4 is 0 Å². The van der Waals surface area contributed by atoms with Crippen molar-refractivity contribution < 1.29 is 4.74 Å². The average molecular weight is 277 g/mol. The Kier molecular flexibility index (Phi) is 5.62. The van der Waals surface area contributed by atoms with Gasteiger partial charge in [0.2, 0.25) is 0 Å². The predicted octanol–water partition coefficient (Wildman–Crippen LogP) is 4.54. The molecule has 0 saturated heterocycles. The van der Waals surface area contributed by atoms with Crippen LogP contribution >= 0.6 is 15.9 Å². The van der Waals surface area contributed by atoms with Crippen molar-refractivity contribution in [2.24, 2.45) is 5.92 Å². The minimum Gasteiger partial charge on any atom is -0.379 e. The number of rotatable bonds is 6. The van der Waals surface area contributed by atoms with E-state index >= 15 is 0 Å². The van der Waals surface area contributed by atoms with Gasteiger partial charge in [-0.15, -0.1) is 0 Å². The SMILES string of the molecule is COC(C)(C)CCCC(Br)C1CCCC1. The topological polar surface area (TPSA) is 9.23 Å². The lowest BCUT2D eigenvalue weighted by Crippen LogP contribution is -2.22. The van der Waals surface area contributed by atoms with Crippen LogP contribution in [0.1, 0.15) is 58.8 Å². The lowest BCUT2D eigenvalue weighted by atomic mass is 9.95. The molecule has 1 atom stereocenters. The standard InChI is InChI=1S/C13H25BrO/c1-13(2,15-3)10-6-9-12(14)11-7-4-5-8-11/h11-12H,4-10H2,1-3H3. The summed E-state index contributed by atoms with van der Waals surface area (Å²) in [6.45, 7) is 4.34. The Hall–Kier alpha value is 0.440. The Morgan fingerprint density at radius 2 is 1.93 bits per heavy atom. The van der Waals surface area contributed by atoms with Crippen molar-refractivity contribution in [3.8, 4) is 0 Å². The van der Waals surface area contributed by atoms with Gasteiger partial charge in [0.15, 0.2) is 0 Å². The minimum atomic E-state index is 0.0579. The van der Waals surface area contributed by atoms with Gasteiger partial charge in [-0.05, 0) is 51.9 Å². The molecule has 0 bridgehead atoms. The van der Waals surface area contributed by atoms with Gasteiger partial charge in [-0.3, -0.25) is 0 Å². The Morgan fingerprint density at radius 3 is 2.47 bits per heavy atom. The maximum absolute atomic E-state index is 5.43. The molecule has 0 N–H and O–H groups in total. The molecule has 0 radical (unpaired) electrons. The van der Waals surface area contributed by atoms with Crippen molar-refractivity contribution in [1.82, 2.24) is 0 Å². The summed E-state index contributed by atoms with van der Waals surface area (Å²) in [6, 6.07) is 0. The summed E-state index contributed by atoms with van der Waals surface area (Å²) in [5.41, 5.74) is 0.0579. The van der Waals surface area contributed by atoms with Gasteiger partial charge < -0.3 is 4.74 Å². The highest BCUT2D eigenvalue weighted by molar-refractivity contribution is 9.09. The fourth-order valence-corrected chi connectivity index (χ4v) is 3.23. The smallest absolute Gasteiger partial charge is 0.0622 e. The van der Waals surface area contributed by atoms with E-state index in [1.54, 1.807) is 0 Å². The average Bonchev–Trinajstić information content (AvgIpc) is 2.70. The first-order valence-corrected chi connectivity index (χ1v) is 7.16. The number of hydrogen-bond donors (Lipinski definition) is 0. The summed E-state index contributed by atoms with van der Waals surface area (Å²) >= 11 is 3.85. The quantitative estimate of drug-likeness (QED) is 0.648. The summed E-state index contributed by atoms with van der Waals surface area (Å²) < 4.78 is 5.43. The van der Waals surface area contributed by atoms with Gasteiger partial charge in [-0.25, -0.2) is 0 Å². The van der Waals surface area contributed by atoms with Crippen molar-refractivity contribution in [2.75, 3.05) is 7.11 Å². The molecule has 1 nitrogen and oxygen atoms in total. The zero-order valence-corrected chi connectivity index (χ0v) is 12.0. The molecule has 1 aliphatic rings. The summed E-state index contributed by atoms with van der Waals surface area (Å²) in [4.78, 5) is 0.743. The van der Waals surface area contributed by atoms with Crippen molar-refractivity contribution in [3.63, 3.8) is 0 Å². The first-order chi connectivity index (χ1) is 7.05. The lowest BCUT2D eigenvalue weighted by Gasteiger charge is -2.24. The van der Waals surface area contributed by atoms with Crippen LogP contribution in [-0.2, 0) is 4.74 Å². The third-order valence-electron chi connectivity index (χ3n) is 3.72. The molecule has 0 spiro atoms. The summed E-state index contributed by atoms with van der Waals surface area (Å²) in [6.07, 6.45) is 9.49. The zero-order chi connectivity index (χ0) is 11.3. The molecule has 0 aliphatic heterocycles. The fraction of sp³-hybridized carbons (Fsp3) is 1.00. The highest BCUT2D eigenvalue weighted by Gasteiger charge is 2.23. The van der Waals surface area contributed by atoms with Crippen LogP contribution in [0, 0.1) is 5.92 Å².